The maximum absolute atomic E-state index is 12.3. The number of benzene rings is 1. The number of pyridine rings is 1. The Hall–Kier alpha value is -2.14. The minimum absolute atomic E-state index is 0.0117. The van der Waals surface area contributed by atoms with E-state index in [1.54, 1.807) is 0 Å². The first-order valence-corrected chi connectivity index (χ1v) is 8.14. The molecule has 1 aliphatic heterocycles. The molecule has 0 radical (unpaired) electrons. The molecule has 2 heterocycles. The van der Waals surface area contributed by atoms with Crippen LogP contribution < -0.4 is 11.3 Å². The van der Waals surface area contributed by atoms with E-state index in [1.807, 2.05) is 25.1 Å². The fourth-order valence-corrected chi connectivity index (χ4v) is 3.35. The summed E-state index contributed by atoms with van der Waals surface area (Å²) >= 11 is 0. The monoisotopic (exact) mass is 313 g/mol. The van der Waals surface area contributed by atoms with Crippen molar-refractivity contribution in [3.05, 3.63) is 45.7 Å². The summed E-state index contributed by atoms with van der Waals surface area (Å²) < 4.78 is 0. The molecule has 0 aliphatic carbocycles. The van der Waals surface area contributed by atoms with Crippen LogP contribution in [-0.2, 0) is 11.3 Å². The van der Waals surface area contributed by atoms with Crippen LogP contribution in [0.4, 0.5) is 0 Å². The van der Waals surface area contributed by atoms with Gasteiger partial charge in [-0.2, -0.15) is 0 Å². The first-order chi connectivity index (χ1) is 11.0. The third kappa shape index (κ3) is 3.79. The molecule has 1 aromatic heterocycles. The summed E-state index contributed by atoms with van der Waals surface area (Å²) in [5, 5.41) is 1.06. The van der Waals surface area contributed by atoms with Crippen molar-refractivity contribution in [3.8, 4) is 0 Å². The smallest absolute Gasteiger partial charge is 0.252 e. The molecule has 5 heteroatoms. The fourth-order valence-electron chi connectivity index (χ4n) is 3.35. The molecular formula is C18H23N3O2. The molecule has 0 atom stereocenters. The Morgan fingerprint density at radius 3 is 2.74 bits per heavy atom. The van der Waals surface area contributed by atoms with Gasteiger partial charge in [-0.05, 0) is 61.9 Å². The first-order valence-electron chi connectivity index (χ1n) is 8.14. The van der Waals surface area contributed by atoms with E-state index >= 15 is 0 Å². The highest BCUT2D eigenvalue weighted by Gasteiger charge is 2.21. The van der Waals surface area contributed by atoms with Crippen LogP contribution in [0.1, 0.15) is 30.4 Å². The second-order valence-electron chi connectivity index (χ2n) is 6.60. The molecule has 0 spiro atoms. The first kappa shape index (κ1) is 15.7. The number of amides is 1. The van der Waals surface area contributed by atoms with Gasteiger partial charge in [-0.15, -0.1) is 0 Å². The average Bonchev–Trinajstić information content (AvgIpc) is 2.49. The van der Waals surface area contributed by atoms with Gasteiger partial charge >= 0.3 is 0 Å². The zero-order chi connectivity index (χ0) is 16.4. The van der Waals surface area contributed by atoms with E-state index in [2.05, 4.69) is 16.0 Å². The van der Waals surface area contributed by atoms with Gasteiger partial charge in [0.1, 0.15) is 0 Å². The van der Waals surface area contributed by atoms with Gasteiger partial charge in [0.25, 0.3) is 5.56 Å². The van der Waals surface area contributed by atoms with Crippen LogP contribution in [0.15, 0.2) is 29.1 Å². The number of fused-ring (bicyclic) bond motifs is 1. The minimum Gasteiger partial charge on any atom is -0.370 e. The van der Waals surface area contributed by atoms with Crippen molar-refractivity contribution in [1.82, 2.24) is 9.88 Å². The number of piperidine rings is 1. The highest BCUT2D eigenvalue weighted by atomic mass is 16.1. The number of carbonyl (C=O) groups excluding carboxylic acids is 1. The number of primary amides is 1. The maximum Gasteiger partial charge on any atom is 0.252 e. The van der Waals surface area contributed by atoms with E-state index in [9.17, 15) is 9.59 Å². The number of carbonyl (C=O) groups is 1. The predicted octanol–water partition coefficient (Wildman–Crippen LogP) is 1.92. The zero-order valence-corrected chi connectivity index (χ0v) is 13.5. The zero-order valence-electron chi connectivity index (χ0n) is 13.5. The highest BCUT2D eigenvalue weighted by molar-refractivity contribution is 5.79. The van der Waals surface area contributed by atoms with E-state index in [-0.39, 0.29) is 11.5 Å². The molecule has 1 aromatic carbocycles. The van der Waals surface area contributed by atoms with Gasteiger partial charge in [0, 0.05) is 24.0 Å². The predicted molar refractivity (Wildman–Crippen MR) is 91.1 cm³/mol. The molecule has 23 heavy (non-hydrogen) atoms. The Morgan fingerprint density at radius 2 is 2.04 bits per heavy atom. The van der Waals surface area contributed by atoms with Crippen molar-refractivity contribution in [2.45, 2.75) is 32.7 Å². The molecule has 0 unspecified atom stereocenters. The molecule has 1 aliphatic rings. The fraction of sp³-hybridized carbons (Fsp3) is 0.444. The molecule has 1 saturated heterocycles. The van der Waals surface area contributed by atoms with Crippen LogP contribution in [0.2, 0.25) is 0 Å². The number of nitrogens with zero attached hydrogens (tertiary/aromatic N) is 1. The van der Waals surface area contributed by atoms with Gasteiger partial charge in [0.15, 0.2) is 0 Å². The van der Waals surface area contributed by atoms with E-state index in [0.717, 1.165) is 48.0 Å². The van der Waals surface area contributed by atoms with Crippen LogP contribution in [0.25, 0.3) is 10.9 Å². The second-order valence-corrected chi connectivity index (χ2v) is 6.60. The topological polar surface area (TPSA) is 79.2 Å². The lowest BCUT2D eigenvalue weighted by atomic mass is 9.93. The highest BCUT2D eigenvalue weighted by Crippen LogP contribution is 2.21. The second kappa shape index (κ2) is 6.54. The quantitative estimate of drug-likeness (QED) is 0.905. The number of aromatic amines is 1. The van der Waals surface area contributed by atoms with Crippen LogP contribution in [0, 0.1) is 12.8 Å². The Kier molecular flexibility index (Phi) is 4.48. The van der Waals surface area contributed by atoms with Crippen LogP contribution >= 0.6 is 0 Å². The Labute approximate surface area is 135 Å². The number of rotatable bonds is 4. The molecular weight excluding hydrogens is 290 g/mol. The van der Waals surface area contributed by atoms with Crippen LogP contribution in [0.5, 0.6) is 0 Å². The minimum atomic E-state index is -0.218. The van der Waals surface area contributed by atoms with Gasteiger partial charge in [-0.25, -0.2) is 0 Å². The van der Waals surface area contributed by atoms with Gasteiger partial charge in [0.05, 0.1) is 0 Å². The third-order valence-electron chi connectivity index (χ3n) is 4.67. The summed E-state index contributed by atoms with van der Waals surface area (Å²) in [4.78, 5) is 28.5. The van der Waals surface area contributed by atoms with Crippen LogP contribution in [-0.4, -0.2) is 28.9 Å². The Morgan fingerprint density at radius 1 is 1.30 bits per heavy atom. The number of nitrogens with two attached hydrogens (primary N) is 1. The lowest BCUT2D eigenvalue weighted by Crippen LogP contribution is -2.36. The summed E-state index contributed by atoms with van der Waals surface area (Å²) in [6, 6.07) is 8.09. The summed E-state index contributed by atoms with van der Waals surface area (Å²) in [5.74, 6) is 0.173. The summed E-state index contributed by atoms with van der Waals surface area (Å²) in [6.07, 6.45) is 2.41. The largest absolute Gasteiger partial charge is 0.370 e. The normalized spacial score (nSPS) is 16.7. The number of hydrogen-bond donors (Lipinski definition) is 2. The van der Waals surface area contributed by atoms with Crippen molar-refractivity contribution < 1.29 is 4.79 Å². The number of nitrogens with one attached hydrogen (secondary N) is 1. The molecule has 3 rings (SSSR count). The summed E-state index contributed by atoms with van der Waals surface area (Å²) in [6.45, 7) is 4.48. The van der Waals surface area contributed by atoms with Crippen molar-refractivity contribution in [1.29, 1.82) is 0 Å². The SMILES string of the molecule is Cc1ccc2cc(CN3CCC(CC(N)=O)CC3)c(=O)[nH]c2c1. The van der Waals surface area contributed by atoms with Crippen molar-refractivity contribution in [3.63, 3.8) is 0 Å². The Bertz CT molecular complexity index is 773. The van der Waals surface area contributed by atoms with E-state index in [1.165, 1.54) is 0 Å². The van der Waals surface area contributed by atoms with E-state index in [0.29, 0.717) is 18.9 Å². The summed E-state index contributed by atoms with van der Waals surface area (Å²) in [7, 11) is 0. The van der Waals surface area contributed by atoms with Gasteiger partial charge in [-0.1, -0.05) is 12.1 Å². The average molecular weight is 313 g/mol. The van der Waals surface area contributed by atoms with Gasteiger partial charge < -0.3 is 10.7 Å². The van der Waals surface area contributed by atoms with Gasteiger partial charge in [0.2, 0.25) is 5.91 Å². The molecule has 3 N–H and O–H groups in total. The van der Waals surface area contributed by atoms with Gasteiger partial charge in [-0.3, -0.25) is 14.5 Å². The molecule has 5 nitrogen and oxygen atoms in total. The van der Waals surface area contributed by atoms with Crippen molar-refractivity contribution >= 4 is 16.8 Å². The third-order valence-corrected chi connectivity index (χ3v) is 4.67. The number of likely N-dealkylation sites (tertiary alicyclic amines) is 1. The molecule has 1 amide bonds. The van der Waals surface area contributed by atoms with E-state index in [4.69, 9.17) is 5.73 Å². The summed E-state index contributed by atoms with van der Waals surface area (Å²) in [5.41, 5.74) is 8.08. The lowest BCUT2D eigenvalue weighted by Gasteiger charge is -2.31. The van der Waals surface area contributed by atoms with Crippen molar-refractivity contribution in [2.24, 2.45) is 11.7 Å². The van der Waals surface area contributed by atoms with Crippen molar-refractivity contribution in [2.75, 3.05) is 13.1 Å². The molecule has 2 aromatic rings. The number of aromatic nitrogens is 1. The standard InChI is InChI=1S/C18H23N3O2/c1-12-2-3-14-10-15(18(23)20-16(14)8-12)11-21-6-4-13(5-7-21)9-17(19)22/h2-3,8,10,13H,4-7,9,11H2,1H3,(H2,19,22)(H,20,23). The lowest BCUT2D eigenvalue weighted by molar-refractivity contribution is -0.119. The molecule has 122 valence electrons. The molecule has 1 fully saturated rings. The number of H-pyrrole nitrogens is 1. The Balaban J connectivity index is 1.70. The van der Waals surface area contributed by atoms with Crippen LogP contribution in [0.3, 0.4) is 0 Å². The number of hydrogen-bond acceptors (Lipinski definition) is 3. The molecule has 0 saturated carbocycles. The number of aryl methyl sites for hydroxylation is 1. The molecule has 0 bridgehead atoms. The maximum atomic E-state index is 12.3. The van der Waals surface area contributed by atoms with E-state index < -0.39 is 0 Å².